The van der Waals surface area contributed by atoms with Crippen molar-refractivity contribution >= 4 is 23.8 Å². The topological polar surface area (TPSA) is 123 Å². The lowest BCUT2D eigenvalue weighted by Gasteiger charge is -2.18. The molecule has 0 aliphatic carbocycles. The molecule has 0 bridgehead atoms. The van der Waals surface area contributed by atoms with Gasteiger partial charge in [0.25, 0.3) is 11.8 Å². The maximum atomic E-state index is 12.6. The molecule has 0 aliphatic rings. The number of carbonyl (C=O) groups excluding carboxylic acids is 4. The number of ether oxygens (including phenoxy) is 2. The zero-order valence-electron chi connectivity index (χ0n) is 17.1. The summed E-state index contributed by atoms with van der Waals surface area (Å²) in [4.78, 5) is 48.5. The fourth-order valence-electron chi connectivity index (χ4n) is 2.58. The third kappa shape index (κ3) is 8.67. The van der Waals surface area contributed by atoms with Gasteiger partial charge in [-0.3, -0.25) is 14.9 Å². The van der Waals surface area contributed by atoms with Crippen molar-refractivity contribution < 1.29 is 28.7 Å². The molecule has 0 radical (unpaired) electrons. The molecule has 3 N–H and O–H groups in total. The number of urea groups is 1. The van der Waals surface area contributed by atoms with Crippen molar-refractivity contribution in [2.24, 2.45) is 0 Å². The Hall–Kier alpha value is -3.72. The summed E-state index contributed by atoms with van der Waals surface area (Å²) in [6.45, 7) is -0.151. The first-order chi connectivity index (χ1) is 15.0. The van der Waals surface area contributed by atoms with Crippen LogP contribution in [-0.2, 0) is 25.5 Å². The fourth-order valence-corrected chi connectivity index (χ4v) is 2.58. The molecule has 1 atom stereocenters. The van der Waals surface area contributed by atoms with Crippen LogP contribution in [0.25, 0.3) is 0 Å². The highest BCUT2D eigenvalue weighted by Crippen LogP contribution is 2.07. The molecule has 0 aromatic heterocycles. The van der Waals surface area contributed by atoms with Gasteiger partial charge in [-0.05, 0) is 17.7 Å². The van der Waals surface area contributed by atoms with E-state index in [-0.39, 0.29) is 13.0 Å². The van der Waals surface area contributed by atoms with E-state index in [0.717, 1.165) is 5.56 Å². The summed E-state index contributed by atoms with van der Waals surface area (Å²) >= 11 is 0. The number of carbonyl (C=O) groups is 4. The van der Waals surface area contributed by atoms with Gasteiger partial charge in [0.2, 0.25) is 0 Å². The molecule has 31 heavy (non-hydrogen) atoms. The number of hydrogen-bond acceptors (Lipinski definition) is 6. The van der Waals surface area contributed by atoms with Crippen LogP contribution in [0.5, 0.6) is 0 Å². The average molecular weight is 427 g/mol. The Kier molecular flexibility index (Phi) is 9.70. The average Bonchev–Trinajstić information content (AvgIpc) is 2.78. The normalized spacial score (nSPS) is 11.1. The summed E-state index contributed by atoms with van der Waals surface area (Å²) in [5.74, 6) is -2.03. The SMILES string of the molecule is COCCNC(=O)NC(=O)COC(=O)C(Cc1ccccc1)NC(=O)c1ccccc1. The minimum Gasteiger partial charge on any atom is -0.454 e. The number of benzene rings is 2. The fraction of sp³-hybridized carbons (Fsp3) is 0.273. The van der Waals surface area contributed by atoms with Crippen LogP contribution < -0.4 is 16.0 Å². The van der Waals surface area contributed by atoms with Gasteiger partial charge in [0.05, 0.1) is 6.61 Å². The zero-order chi connectivity index (χ0) is 22.5. The minimum absolute atomic E-state index is 0.178. The van der Waals surface area contributed by atoms with Crippen LogP contribution in [0.4, 0.5) is 4.79 Å². The van der Waals surface area contributed by atoms with Gasteiger partial charge in [-0.15, -0.1) is 0 Å². The highest BCUT2D eigenvalue weighted by Gasteiger charge is 2.24. The van der Waals surface area contributed by atoms with E-state index < -0.39 is 36.5 Å². The van der Waals surface area contributed by atoms with E-state index in [9.17, 15) is 19.2 Å². The minimum atomic E-state index is -1.02. The number of hydrogen-bond donors (Lipinski definition) is 3. The smallest absolute Gasteiger partial charge is 0.329 e. The number of methoxy groups -OCH3 is 1. The molecular weight excluding hydrogens is 402 g/mol. The molecule has 164 valence electrons. The number of rotatable bonds is 10. The maximum absolute atomic E-state index is 12.6. The lowest BCUT2D eigenvalue weighted by molar-refractivity contribution is -0.150. The molecule has 0 saturated heterocycles. The van der Waals surface area contributed by atoms with E-state index in [2.05, 4.69) is 10.6 Å². The Balaban J connectivity index is 1.95. The summed E-state index contributed by atoms with van der Waals surface area (Å²) in [6, 6.07) is 15.8. The van der Waals surface area contributed by atoms with Crippen molar-refractivity contribution in [2.75, 3.05) is 26.9 Å². The number of esters is 1. The van der Waals surface area contributed by atoms with E-state index in [1.54, 1.807) is 30.3 Å². The Labute approximate surface area is 180 Å². The van der Waals surface area contributed by atoms with Crippen LogP contribution in [0, 0.1) is 0 Å². The predicted molar refractivity (Wildman–Crippen MR) is 112 cm³/mol. The van der Waals surface area contributed by atoms with Crippen molar-refractivity contribution in [3.05, 3.63) is 71.8 Å². The third-order valence-corrected chi connectivity index (χ3v) is 4.10. The van der Waals surface area contributed by atoms with Gasteiger partial charge < -0.3 is 20.1 Å². The molecular formula is C22H25N3O6. The number of amides is 4. The zero-order valence-corrected chi connectivity index (χ0v) is 17.1. The Morgan fingerprint density at radius 1 is 0.935 bits per heavy atom. The molecule has 2 rings (SSSR count). The van der Waals surface area contributed by atoms with Crippen molar-refractivity contribution in [1.82, 2.24) is 16.0 Å². The molecule has 9 nitrogen and oxygen atoms in total. The van der Waals surface area contributed by atoms with E-state index in [0.29, 0.717) is 12.2 Å². The van der Waals surface area contributed by atoms with Crippen LogP contribution >= 0.6 is 0 Å². The molecule has 0 fully saturated rings. The van der Waals surface area contributed by atoms with Gasteiger partial charge >= 0.3 is 12.0 Å². The van der Waals surface area contributed by atoms with Gasteiger partial charge in [0.1, 0.15) is 6.04 Å². The summed E-state index contributed by atoms with van der Waals surface area (Å²) in [7, 11) is 1.48. The van der Waals surface area contributed by atoms with Crippen LogP contribution in [0.3, 0.4) is 0 Å². The highest BCUT2D eigenvalue weighted by molar-refractivity contribution is 5.98. The van der Waals surface area contributed by atoms with Gasteiger partial charge in [0, 0.05) is 25.6 Å². The first-order valence-electron chi connectivity index (χ1n) is 9.62. The Morgan fingerprint density at radius 2 is 1.58 bits per heavy atom. The summed E-state index contributed by atoms with van der Waals surface area (Å²) in [5, 5.41) is 7.09. The standard InChI is InChI=1S/C22H25N3O6/c1-30-13-12-23-22(29)25-19(26)15-31-21(28)18(14-16-8-4-2-5-9-16)24-20(27)17-10-6-3-7-11-17/h2-11,18H,12-15H2,1H3,(H,24,27)(H2,23,25,26,29). The lowest BCUT2D eigenvalue weighted by Crippen LogP contribution is -2.46. The molecule has 0 saturated carbocycles. The summed E-state index contributed by atoms with van der Waals surface area (Å²) < 4.78 is 9.81. The molecule has 2 aromatic rings. The first-order valence-corrected chi connectivity index (χ1v) is 9.62. The first kappa shape index (κ1) is 23.6. The van der Waals surface area contributed by atoms with Crippen molar-refractivity contribution in [2.45, 2.75) is 12.5 Å². The molecule has 2 aromatic carbocycles. The summed E-state index contributed by atoms with van der Waals surface area (Å²) in [6.07, 6.45) is 0.178. The Morgan fingerprint density at radius 3 is 2.23 bits per heavy atom. The van der Waals surface area contributed by atoms with Crippen LogP contribution in [0.2, 0.25) is 0 Å². The lowest BCUT2D eigenvalue weighted by atomic mass is 10.1. The second-order valence-corrected chi connectivity index (χ2v) is 6.49. The molecule has 0 spiro atoms. The number of imide groups is 1. The van der Waals surface area contributed by atoms with Crippen LogP contribution in [-0.4, -0.2) is 56.7 Å². The molecule has 9 heteroatoms. The molecule has 0 aliphatic heterocycles. The second kappa shape index (κ2) is 12.8. The van der Waals surface area contributed by atoms with Crippen molar-refractivity contribution in [3.8, 4) is 0 Å². The quantitative estimate of drug-likeness (QED) is 0.385. The third-order valence-electron chi connectivity index (χ3n) is 4.10. The monoisotopic (exact) mass is 427 g/mol. The highest BCUT2D eigenvalue weighted by atomic mass is 16.5. The molecule has 0 heterocycles. The number of nitrogens with one attached hydrogen (secondary N) is 3. The molecule has 1 unspecified atom stereocenters. The van der Waals surface area contributed by atoms with Crippen LogP contribution in [0.15, 0.2) is 60.7 Å². The van der Waals surface area contributed by atoms with Crippen molar-refractivity contribution in [3.63, 3.8) is 0 Å². The van der Waals surface area contributed by atoms with E-state index in [4.69, 9.17) is 9.47 Å². The van der Waals surface area contributed by atoms with Gasteiger partial charge in [0.15, 0.2) is 6.61 Å². The van der Waals surface area contributed by atoms with E-state index in [1.807, 2.05) is 35.6 Å². The van der Waals surface area contributed by atoms with Gasteiger partial charge in [-0.2, -0.15) is 0 Å². The largest absolute Gasteiger partial charge is 0.454 e. The Bertz CT molecular complexity index is 873. The summed E-state index contributed by atoms with van der Waals surface area (Å²) in [5.41, 5.74) is 1.19. The van der Waals surface area contributed by atoms with Crippen molar-refractivity contribution in [1.29, 1.82) is 0 Å². The maximum Gasteiger partial charge on any atom is 0.329 e. The predicted octanol–water partition coefficient (Wildman–Crippen LogP) is 1.04. The van der Waals surface area contributed by atoms with Crippen LogP contribution in [0.1, 0.15) is 15.9 Å². The van der Waals surface area contributed by atoms with Gasteiger partial charge in [-0.1, -0.05) is 48.5 Å². The van der Waals surface area contributed by atoms with E-state index >= 15 is 0 Å². The van der Waals surface area contributed by atoms with Gasteiger partial charge in [-0.25, -0.2) is 9.59 Å². The second-order valence-electron chi connectivity index (χ2n) is 6.49. The van der Waals surface area contributed by atoms with E-state index in [1.165, 1.54) is 7.11 Å². The molecule has 4 amide bonds.